The molecule has 2 N–H and O–H groups in total. The van der Waals surface area contributed by atoms with Crippen molar-refractivity contribution in [2.24, 2.45) is 0 Å². The number of ether oxygens (including phenoxy) is 1. The van der Waals surface area contributed by atoms with Gasteiger partial charge in [0.05, 0.1) is 23.6 Å². The number of benzene rings is 4. The van der Waals surface area contributed by atoms with Crippen LogP contribution in [0.3, 0.4) is 0 Å². The van der Waals surface area contributed by atoms with Gasteiger partial charge < -0.3 is 10.1 Å². The van der Waals surface area contributed by atoms with Gasteiger partial charge >= 0.3 is 0 Å². The standard InChI is InChI=1S/C33H37N3O4S/c1-3-36(4-2)23-24-14-17-29-30(18-19-40-32(29)20-24)34-33(37)22-31(26-11-6-5-7-12-26)35-41(38,39)28-16-15-25-10-8-9-13-27(25)21-28/h5-17,20-21,30-31,35H,3-4,18-19,22-23H2,1-2H3,(H,34,37)/t30?,31-/m1/s1. The van der Waals surface area contributed by atoms with Crippen LogP contribution in [0.5, 0.6) is 5.75 Å². The summed E-state index contributed by atoms with van der Waals surface area (Å²) in [5, 5.41) is 4.94. The van der Waals surface area contributed by atoms with E-state index in [1.54, 1.807) is 18.2 Å². The van der Waals surface area contributed by atoms with Gasteiger partial charge in [0.2, 0.25) is 15.9 Å². The summed E-state index contributed by atoms with van der Waals surface area (Å²) in [7, 11) is -3.90. The first kappa shape index (κ1) is 28.8. The summed E-state index contributed by atoms with van der Waals surface area (Å²) in [6, 6.07) is 27.2. The number of carbonyl (C=O) groups is 1. The second kappa shape index (κ2) is 12.9. The van der Waals surface area contributed by atoms with Gasteiger partial charge in [-0.15, -0.1) is 0 Å². The van der Waals surface area contributed by atoms with E-state index >= 15 is 0 Å². The van der Waals surface area contributed by atoms with Crippen LogP contribution in [-0.4, -0.2) is 38.9 Å². The Bertz CT molecular complexity index is 1600. The van der Waals surface area contributed by atoms with Crippen LogP contribution in [0.15, 0.2) is 95.9 Å². The van der Waals surface area contributed by atoms with E-state index in [-0.39, 0.29) is 23.3 Å². The number of nitrogens with one attached hydrogen (secondary N) is 2. The lowest BCUT2D eigenvalue weighted by Crippen LogP contribution is -2.36. The van der Waals surface area contributed by atoms with Crippen LogP contribution in [-0.2, 0) is 21.4 Å². The predicted octanol–water partition coefficient (Wildman–Crippen LogP) is 5.73. The number of nitrogens with zero attached hydrogens (tertiary/aromatic N) is 1. The van der Waals surface area contributed by atoms with Crippen LogP contribution in [0, 0.1) is 0 Å². The molecule has 0 saturated carbocycles. The monoisotopic (exact) mass is 571 g/mol. The smallest absolute Gasteiger partial charge is 0.241 e. The first-order valence-corrected chi connectivity index (χ1v) is 15.7. The lowest BCUT2D eigenvalue weighted by atomic mass is 9.97. The van der Waals surface area contributed by atoms with Crippen LogP contribution in [0.4, 0.5) is 0 Å². The fourth-order valence-corrected chi connectivity index (χ4v) is 6.59. The first-order chi connectivity index (χ1) is 19.9. The van der Waals surface area contributed by atoms with Crippen LogP contribution < -0.4 is 14.8 Å². The van der Waals surface area contributed by atoms with Crippen molar-refractivity contribution in [2.75, 3.05) is 19.7 Å². The molecule has 4 aromatic rings. The summed E-state index contributed by atoms with van der Waals surface area (Å²) in [6.45, 7) is 7.59. The molecule has 214 valence electrons. The molecular formula is C33H37N3O4S. The van der Waals surface area contributed by atoms with Gasteiger partial charge in [-0.25, -0.2) is 13.1 Å². The average Bonchev–Trinajstić information content (AvgIpc) is 2.99. The third-order valence-corrected chi connectivity index (χ3v) is 9.14. The summed E-state index contributed by atoms with van der Waals surface area (Å²) in [6.07, 6.45) is 0.608. The first-order valence-electron chi connectivity index (χ1n) is 14.2. The van der Waals surface area contributed by atoms with Crippen LogP contribution in [0.2, 0.25) is 0 Å². The van der Waals surface area contributed by atoms with Crippen molar-refractivity contribution in [3.63, 3.8) is 0 Å². The lowest BCUT2D eigenvalue weighted by molar-refractivity contribution is -0.122. The second-order valence-corrected chi connectivity index (χ2v) is 12.1. The molecule has 0 bridgehead atoms. The van der Waals surface area contributed by atoms with E-state index in [1.165, 1.54) is 5.56 Å². The predicted molar refractivity (Wildman–Crippen MR) is 162 cm³/mol. The van der Waals surface area contributed by atoms with E-state index in [9.17, 15) is 13.2 Å². The van der Waals surface area contributed by atoms with E-state index in [1.807, 2.05) is 60.7 Å². The minimum Gasteiger partial charge on any atom is -0.493 e. The summed E-state index contributed by atoms with van der Waals surface area (Å²) < 4.78 is 35.7. The Kier molecular flexibility index (Phi) is 9.03. The highest BCUT2D eigenvalue weighted by molar-refractivity contribution is 7.89. The zero-order chi connectivity index (χ0) is 28.8. The molecule has 1 heterocycles. The van der Waals surface area contributed by atoms with Gasteiger partial charge in [0.15, 0.2) is 0 Å². The molecule has 1 unspecified atom stereocenters. The van der Waals surface area contributed by atoms with E-state index in [2.05, 4.69) is 40.9 Å². The minimum absolute atomic E-state index is 0.0381. The molecule has 0 spiro atoms. The maximum Gasteiger partial charge on any atom is 0.241 e. The number of fused-ring (bicyclic) bond motifs is 2. The molecular weight excluding hydrogens is 534 g/mol. The molecule has 0 saturated heterocycles. The maximum atomic E-state index is 13.5. The van der Waals surface area contributed by atoms with Gasteiger partial charge in [-0.2, -0.15) is 0 Å². The van der Waals surface area contributed by atoms with Crippen LogP contribution in [0.25, 0.3) is 10.8 Å². The van der Waals surface area contributed by atoms with E-state index in [4.69, 9.17) is 4.74 Å². The summed E-state index contributed by atoms with van der Waals surface area (Å²) in [4.78, 5) is 15.9. The topological polar surface area (TPSA) is 87.7 Å². The van der Waals surface area contributed by atoms with Crippen molar-refractivity contribution in [3.8, 4) is 5.75 Å². The molecule has 7 nitrogen and oxygen atoms in total. The highest BCUT2D eigenvalue weighted by Crippen LogP contribution is 2.33. The van der Waals surface area contributed by atoms with Crippen LogP contribution >= 0.6 is 0 Å². The van der Waals surface area contributed by atoms with Gasteiger partial charge in [-0.05, 0) is 53.2 Å². The minimum atomic E-state index is -3.90. The lowest BCUT2D eigenvalue weighted by Gasteiger charge is -2.28. The Morgan fingerprint density at radius 3 is 2.41 bits per heavy atom. The molecule has 1 aliphatic heterocycles. The highest BCUT2D eigenvalue weighted by Gasteiger charge is 2.27. The van der Waals surface area contributed by atoms with E-state index in [0.717, 1.165) is 47.3 Å². The van der Waals surface area contributed by atoms with Gasteiger partial charge in [0, 0.05) is 24.9 Å². The number of rotatable bonds is 11. The zero-order valence-corrected chi connectivity index (χ0v) is 24.4. The fourth-order valence-electron chi connectivity index (χ4n) is 5.33. The third-order valence-electron chi connectivity index (χ3n) is 7.67. The molecule has 5 rings (SSSR count). The summed E-state index contributed by atoms with van der Waals surface area (Å²) in [5.74, 6) is 0.563. The Labute approximate surface area is 242 Å². The SMILES string of the molecule is CCN(CC)Cc1ccc2c(c1)OCCC2NC(=O)C[C@@H](NS(=O)(=O)c1ccc2ccccc2c1)c1ccccc1. The Balaban J connectivity index is 1.33. The Morgan fingerprint density at radius 1 is 0.927 bits per heavy atom. The summed E-state index contributed by atoms with van der Waals surface area (Å²) in [5.41, 5.74) is 2.84. The number of amides is 1. The molecule has 0 radical (unpaired) electrons. The third kappa shape index (κ3) is 6.96. The van der Waals surface area contributed by atoms with Crippen molar-refractivity contribution in [2.45, 2.75) is 50.2 Å². The molecule has 0 aliphatic carbocycles. The number of sulfonamides is 1. The number of hydrogen-bond donors (Lipinski definition) is 2. The molecule has 0 aromatic heterocycles. The average molecular weight is 572 g/mol. The van der Waals surface area contributed by atoms with Crippen molar-refractivity contribution in [3.05, 3.63) is 108 Å². The van der Waals surface area contributed by atoms with Gasteiger partial charge in [0.1, 0.15) is 5.75 Å². The van der Waals surface area contributed by atoms with Crippen LogP contribution in [0.1, 0.15) is 55.5 Å². The van der Waals surface area contributed by atoms with Crippen molar-refractivity contribution in [1.82, 2.24) is 14.9 Å². The summed E-state index contributed by atoms with van der Waals surface area (Å²) >= 11 is 0. The fraction of sp³-hybridized carbons (Fsp3) is 0.303. The normalized spacial score (nSPS) is 15.7. The zero-order valence-electron chi connectivity index (χ0n) is 23.5. The largest absolute Gasteiger partial charge is 0.493 e. The molecule has 1 amide bonds. The van der Waals surface area contributed by atoms with Gasteiger partial charge in [0.25, 0.3) is 0 Å². The van der Waals surface area contributed by atoms with Crippen molar-refractivity contribution < 1.29 is 17.9 Å². The number of carbonyl (C=O) groups excluding carboxylic acids is 1. The van der Waals surface area contributed by atoms with Crippen molar-refractivity contribution >= 4 is 26.7 Å². The molecule has 2 atom stereocenters. The molecule has 1 aliphatic rings. The van der Waals surface area contributed by atoms with Gasteiger partial charge in [-0.3, -0.25) is 9.69 Å². The van der Waals surface area contributed by atoms with E-state index in [0.29, 0.717) is 13.0 Å². The Morgan fingerprint density at radius 2 is 1.66 bits per heavy atom. The van der Waals surface area contributed by atoms with Gasteiger partial charge in [-0.1, -0.05) is 86.6 Å². The quantitative estimate of drug-likeness (QED) is 0.240. The Hall–Kier alpha value is -3.72. The molecule has 0 fully saturated rings. The number of hydrogen-bond acceptors (Lipinski definition) is 5. The van der Waals surface area contributed by atoms with E-state index < -0.39 is 16.1 Å². The molecule has 41 heavy (non-hydrogen) atoms. The molecule has 8 heteroatoms. The highest BCUT2D eigenvalue weighted by atomic mass is 32.2. The maximum absolute atomic E-state index is 13.5. The van der Waals surface area contributed by atoms with Crippen molar-refractivity contribution in [1.29, 1.82) is 0 Å². The second-order valence-electron chi connectivity index (χ2n) is 10.4. The molecule has 4 aromatic carbocycles.